The van der Waals surface area contributed by atoms with Gasteiger partial charge in [0.2, 0.25) is 0 Å². The molecule has 14 heavy (non-hydrogen) atoms. The van der Waals surface area contributed by atoms with E-state index in [1.165, 1.54) is 19.3 Å². The minimum absolute atomic E-state index is 0.156. The number of allylic oxidation sites excluding steroid dienone is 1. The molecule has 1 saturated carbocycles. The van der Waals surface area contributed by atoms with E-state index in [-0.39, 0.29) is 11.6 Å². The van der Waals surface area contributed by atoms with Gasteiger partial charge in [0.25, 0.3) is 0 Å². The summed E-state index contributed by atoms with van der Waals surface area (Å²) in [5, 5.41) is 0. The summed E-state index contributed by atoms with van der Waals surface area (Å²) in [5.41, 5.74) is 0.497. The summed E-state index contributed by atoms with van der Waals surface area (Å²) in [6, 6.07) is 0. The van der Waals surface area contributed by atoms with Crippen LogP contribution in [-0.2, 0) is 9.53 Å². The molecule has 0 saturated heterocycles. The molecule has 2 heteroatoms. The molecule has 0 N–H and O–H groups in total. The first-order valence-electron chi connectivity index (χ1n) is 5.44. The molecule has 1 fully saturated rings. The highest BCUT2D eigenvalue weighted by atomic mass is 16.6. The second-order valence-corrected chi connectivity index (χ2v) is 4.37. The molecule has 1 aliphatic rings. The topological polar surface area (TPSA) is 26.3 Å². The van der Waals surface area contributed by atoms with Crippen molar-refractivity contribution < 1.29 is 9.53 Å². The third-order valence-electron chi connectivity index (χ3n) is 3.01. The molecular formula is C12H20O2. The van der Waals surface area contributed by atoms with Crippen molar-refractivity contribution in [2.75, 3.05) is 0 Å². The van der Waals surface area contributed by atoms with Crippen LogP contribution < -0.4 is 0 Å². The quantitative estimate of drug-likeness (QED) is 0.500. The lowest BCUT2D eigenvalue weighted by atomic mass is 9.86. The van der Waals surface area contributed by atoms with Crippen molar-refractivity contribution >= 4 is 5.97 Å². The molecule has 0 bridgehead atoms. The Kier molecular flexibility index (Phi) is 3.73. The second-order valence-electron chi connectivity index (χ2n) is 4.37. The Morgan fingerprint density at radius 2 is 1.86 bits per heavy atom. The summed E-state index contributed by atoms with van der Waals surface area (Å²) in [6.45, 7) is 5.71. The van der Waals surface area contributed by atoms with Crippen LogP contribution in [0, 0.1) is 0 Å². The lowest BCUT2D eigenvalue weighted by molar-refractivity contribution is -0.156. The molecule has 0 aromatic carbocycles. The first kappa shape index (κ1) is 11.3. The lowest BCUT2D eigenvalue weighted by Gasteiger charge is -2.33. The first-order valence-corrected chi connectivity index (χ1v) is 5.44. The molecule has 0 aromatic heterocycles. The van der Waals surface area contributed by atoms with E-state index in [1.54, 1.807) is 13.0 Å². The zero-order valence-electron chi connectivity index (χ0n) is 9.43. The molecule has 0 amide bonds. The van der Waals surface area contributed by atoms with E-state index in [4.69, 9.17) is 4.74 Å². The molecule has 0 aromatic rings. The molecular weight excluding hydrogens is 176 g/mol. The van der Waals surface area contributed by atoms with Crippen LogP contribution in [0.3, 0.4) is 0 Å². The van der Waals surface area contributed by atoms with Crippen molar-refractivity contribution in [3.05, 3.63) is 11.6 Å². The monoisotopic (exact) mass is 196 g/mol. The number of rotatable bonds is 2. The van der Waals surface area contributed by atoms with Crippen LogP contribution in [0.25, 0.3) is 0 Å². The van der Waals surface area contributed by atoms with E-state index in [0.29, 0.717) is 5.57 Å². The van der Waals surface area contributed by atoms with Crippen molar-refractivity contribution in [1.82, 2.24) is 0 Å². The molecule has 0 radical (unpaired) electrons. The van der Waals surface area contributed by atoms with Crippen LogP contribution >= 0.6 is 0 Å². The zero-order valence-corrected chi connectivity index (χ0v) is 9.43. The Bertz CT molecular complexity index is 235. The van der Waals surface area contributed by atoms with Crippen LogP contribution in [0.2, 0.25) is 0 Å². The van der Waals surface area contributed by atoms with Gasteiger partial charge >= 0.3 is 5.97 Å². The molecule has 0 spiro atoms. The predicted molar refractivity (Wildman–Crippen MR) is 57.0 cm³/mol. The van der Waals surface area contributed by atoms with Gasteiger partial charge in [-0.15, -0.1) is 0 Å². The van der Waals surface area contributed by atoms with Crippen molar-refractivity contribution in [3.63, 3.8) is 0 Å². The molecule has 0 unspecified atom stereocenters. The summed E-state index contributed by atoms with van der Waals surface area (Å²) in [6.07, 6.45) is 7.45. The Hall–Kier alpha value is -0.790. The number of esters is 1. The minimum atomic E-state index is -0.209. The number of ether oxygens (including phenoxy) is 1. The van der Waals surface area contributed by atoms with E-state index in [0.717, 1.165) is 12.8 Å². The first-order chi connectivity index (χ1) is 6.57. The van der Waals surface area contributed by atoms with E-state index >= 15 is 0 Å². The van der Waals surface area contributed by atoms with E-state index in [9.17, 15) is 4.79 Å². The highest BCUT2D eigenvalue weighted by Gasteiger charge is 2.30. The second kappa shape index (κ2) is 4.63. The van der Waals surface area contributed by atoms with Gasteiger partial charge in [-0.05, 0) is 46.5 Å². The van der Waals surface area contributed by atoms with E-state index in [1.807, 2.05) is 13.8 Å². The lowest BCUT2D eigenvalue weighted by Crippen LogP contribution is -2.34. The van der Waals surface area contributed by atoms with Gasteiger partial charge in [0.1, 0.15) is 5.60 Å². The van der Waals surface area contributed by atoms with Crippen molar-refractivity contribution in [3.8, 4) is 0 Å². The molecule has 0 atom stereocenters. The summed E-state index contributed by atoms with van der Waals surface area (Å²) in [7, 11) is 0. The van der Waals surface area contributed by atoms with Gasteiger partial charge in [0.05, 0.1) is 0 Å². The van der Waals surface area contributed by atoms with Crippen molar-refractivity contribution in [2.45, 2.75) is 58.5 Å². The van der Waals surface area contributed by atoms with Gasteiger partial charge in [-0.3, -0.25) is 0 Å². The smallest absolute Gasteiger partial charge is 0.333 e. The molecule has 1 rings (SSSR count). The maximum absolute atomic E-state index is 11.6. The van der Waals surface area contributed by atoms with Gasteiger partial charge in [-0.1, -0.05) is 12.5 Å². The summed E-state index contributed by atoms with van der Waals surface area (Å²) >= 11 is 0. The van der Waals surface area contributed by atoms with Gasteiger partial charge in [0, 0.05) is 5.57 Å². The number of hydrogen-bond donors (Lipinski definition) is 0. The largest absolute Gasteiger partial charge is 0.456 e. The summed E-state index contributed by atoms with van der Waals surface area (Å²) < 4.78 is 5.52. The average molecular weight is 196 g/mol. The van der Waals surface area contributed by atoms with Crippen LogP contribution in [-0.4, -0.2) is 11.6 Å². The average Bonchev–Trinajstić information content (AvgIpc) is 2.17. The number of carbonyl (C=O) groups excluding carboxylic acids is 1. The third-order valence-corrected chi connectivity index (χ3v) is 3.01. The van der Waals surface area contributed by atoms with Gasteiger partial charge in [-0.2, -0.15) is 0 Å². The third kappa shape index (κ3) is 2.86. The minimum Gasteiger partial charge on any atom is -0.456 e. The van der Waals surface area contributed by atoms with Gasteiger partial charge in [-0.25, -0.2) is 4.79 Å². The van der Waals surface area contributed by atoms with Crippen molar-refractivity contribution in [2.24, 2.45) is 0 Å². The standard InChI is InChI=1S/C12H20O2/c1-4-10(2)11(13)14-12(3)8-6-5-7-9-12/h4H,5-9H2,1-3H3/b10-4-. The van der Waals surface area contributed by atoms with Gasteiger partial charge in [0.15, 0.2) is 0 Å². The maximum Gasteiger partial charge on any atom is 0.333 e. The molecule has 0 heterocycles. The fraction of sp³-hybridized carbons (Fsp3) is 0.750. The van der Waals surface area contributed by atoms with Crippen molar-refractivity contribution in [1.29, 1.82) is 0 Å². The Balaban J connectivity index is 2.53. The zero-order chi connectivity index (χ0) is 10.6. The Morgan fingerprint density at radius 1 is 1.29 bits per heavy atom. The fourth-order valence-electron chi connectivity index (χ4n) is 1.82. The van der Waals surface area contributed by atoms with E-state index < -0.39 is 0 Å². The molecule has 0 aliphatic heterocycles. The predicted octanol–water partition coefficient (Wildman–Crippen LogP) is 3.22. The van der Waals surface area contributed by atoms with Crippen LogP contribution in [0.1, 0.15) is 52.9 Å². The highest BCUT2D eigenvalue weighted by molar-refractivity contribution is 5.87. The van der Waals surface area contributed by atoms with Crippen LogP contribution in [0.4, 0.5) is 0 Å². The highest BCUT2D eigenvalue weighted by Crippen LogP contribution is 2.31. The fourth-order valence-corrected chi connectivity index (χ4v) is 1.82. The molecule has 2 nitrogen and oxygen atoms in total. The maximum atomic E-state index is 11.6. The summed E-state index contributed by atoms with van der Waals surface area (Å²) in [4.78, 5) is 11.6. The molecule has 1 aliphatic carbocycles. The SMILES string of the molecule is C/C=C(/C)C(=O)OC1(C)CCCCC1. The molecule has 80 valence electrons. The van der Waals surface area contributed by atoms with Crippen LogP contribution in [0.5, 0.6) is 0 Å². The van der Waals surface area contributed by atoms with E-state index in [2.05, 4.69) is 0 Å². The van der Waals surface area contributed by atoms with Crippen LogP contribution in [0.15, 0.2) is 11.6 Å². The number of hydrogen-bond acceptors (Lipinski definition) is 2. The van der Waals surface area contributed by atoms with Gasteiger partial charge < -0.3 is 4.74 Å². The Labute approximate surface area is 86.3 Å². The Morgan fingerprint density at radius 3 is 2.36 bits per heavy atom. The number of carbonyl (C=O) groups is 1. The normalized spacial score (nSPS) is 21.8. The summed E-state index contributed by atoms with van der Waals surface area (Å²) in [5.74, 6) is -0.156.